The van der Waals surface area contributed by atoms with Gasteiger partial charge in [-0.25, -0.2) is 4.39 Å². The molecule has 160 valence electrons. The van der Waals surface area contributed by atoms with Gasteiger partial charge in [0.15, 0.2) is 0 Å². The van der Waals surface area contributed by atoms with E-state index >= 15 is 0 Å². The van der Waals surface area contributed by atoms with Crippen LogP contribution in [0.3, 0.4) is 0 Å². The van der Waals surface area contributed by atoms with Gasteiger partial charge in [0.25, 0.3) is 5.91 Å². The van der Waals surface area contributed by atoms with Gasteiger partial charge in [0.1, 0.15) is 5.82 Å². The van der Waals surface area contributed by atoms with Gasteiger partial charge < -0.3 is 4.31 Å². The summed E-state index contributed by atoms with van der Waals surface area (Å²) in [4.78, 5) is 27.8. The highest BCUT2D eigenvalue weighted by Crippen LogP contribution is 2.30. The monoisotopic (exact) mass is 446 g/mol. The van der Waals surface area contributed by atoms with E-state index in [0.29, 0.717) is 12.2 Å². The zero-order chi connectivity index (χ0) is 22.2. The van der Waals surface area contributed by atoms with Crippen LogP contribution in [-0.2, 0) is 11.3 Å². The van der Waals surface area contributed by atoms with E-state index in [-0.39, 0.29) is 11.4 Å². The number of hydrazine groups is 1. The maximum atomic E-state index is 13.8. The number of rotatable bonds is 7. The Hall–Kier alpha value is -3.53. The minimum atomic E-state index is -3.23. The first-order valence-corrected chi connectivity index (χ1v) is 9.78. The zero-order valence-electron chi connectivity index (χ0n) is 16.0. The lowest BCUT2D eigenvalue weighted by Crippen LogP contribution is -2.44. The molecule has 0 aliphatic rings. The minimum Gasteiger partial charge on any atom is -0.308 e. The lowest BCUT2D eigenvalue weighted by molar-refractivity contribution is -0.132. The molecule has 0 aliphatic heterocycles. The van der Waals surface area contributed by atoms with Crippen LogP contribution in [0.2, 0.25) is 0 Å². The van der Waals surface area contributed by atoms with Crippen LogP contribution in [0, 0.1) is 5.82 Å². The van der Waals surface area contributed by atoms with E-state index in [1.54, 1.807) is 48.2 Å². The van der Waals surface area contributed by atoms with E-state index in [4.69, 9.17) is 0 Å². The number of hydrogen-bond acceptors (Lipinski definition) is 5. The molecule has 10 heteroatoms. The summed E-state index contributed by atoms with van der Waals surface area (Å²) in [5, 5.41) is 0. The molecule has 31 heavy (non-hydrogen) atoms. The predicted octanol–water partition coefficient (Wildman–Crippen LogP) is 3.96. The molecular weight excluding hydrogens is 429 g/mol. The zero-order valence-corrected chi connectivity index (χ0v) is 16.8. The number of amides is 2. The summed E-state index contributed by atoms with van der Waals surface area (Å²) >= 11 is 1.38. The molecule has 0 fully saturated rings. The fourth-order valence-corrected chi connectivity index (χ4v) is 3.44. The Kier molecular flexibility index (Phi) is 7.50. The van der Waals surface area contributed by atoms with Crippen molar-refractivity contribution in [2.45, 2.75) is 17.9 Å². The molecule has 0 aliphatic carbocycles. The van der Waals surface area contributed by atoms with Crippen LogP contribution < -0.4 is 15.2 Å². The fraction of sp³-hybridized carbons (Fsp3) is 0.0952. The molecule has 6 nitrogen and oxygen atoms in total. The van der Waals surface area contributed by atoms with Crippen molar-refractivity contribution in [2.75, 3.05) is 4.31 Å². The lowest BCUT2D eigenvalue weighted by Gasteiger charge is -2.23. The topological polar surface area (TPSA) is 74.3 Å². The van der Waals surface area contributed by atoms with Gasteiger partial charge in [-0.1, -0.05) is 18.2 Å². The van der Waals surface area contributed by atoms with E-state index in [1.165, 1.54) is 36.2 Å². The van der Waals surface area contributed by atoms with Crippen LogP contribution in [0.4, 0.5) is 18.9 Å². The van der Waals surface area contributed by atoms with Crippen LogP contribution in [-0.4, -0.2) is 23.2 Å². The number of benzene rings is 2. The average Bonchev–Trinajstić information content (AvgIpc) is 2.78. The third-order valence-corrected chi connectivity index (χ3v) is 5.00. The van der Waals surface area contributed by atoms with Crippen molar-refractivity contribution in [3.63, 3.8) is 0 Å². The Morgan fingerprint density at radius 1 is 1.03 bits per heavy atom. The average molecular weight is 446 g/mol. The Morgan fingerprint density at radius 2 is 1.81 bits per heavy atom. The summed E-state index contributed by atoms with van der Waals surface area (Å²) in [6, 6.07) is 16.2. The normalized spacial score (nSPS) is 10.6. The van der Waals surface area contributed by atoms with Gasteiger partial charge in [0.05, 0.1) is 12.2 Å². The molecule has 0 saturated carbocycles. The maximum absolute atomic E-state index is 13.8. The smallest absolute Gasteiger partial charge is 0.308 e. The summed E-state index contributed by atoms with van der Waals surface area (Å²) in [6.07, 6.45) is 0.121. The van der Waals surface area contributed by atoms with Crippen molar-refractivity contribution >= 4 is 29.4 Å². The van der Waals surface area contributed by atoms with Crippen LogP contribution in [0.25, 0.3) is 0 Å². The number of carbonyl (C=O) groups is 2. The van der Waals surface area contributed by atoms with Gasteiger partial charge in [0, 0.05) is 22.9 Å². The lowest BCUT2D eigenvalue weighted by atomic mass is 10.1. The molecule has 3 rings (SSSR count). The molecule has 0 unspecified atom stereocenters. The van der Waals surface area contributed by atoms with Crippen LogP contribution in [0.15, 0.2) is 78.0 Å². The maximum Gasteiger partial charge on any atom is 0.317 e. The summed E-state index contributed by atoms with van der Waals surface area (Å²) in [5.41, 5.74) is 5.20. The SMILES string of the molecule is O=C(NNC(=O)C(F)F)c1ccc(CN(Sc2cccnc2)c2cccc(F)c2)cc1. The van der Waals surface area contributed by atoms with Crippen molar-refractivity contribution < 1.29 is 22.8 Å². The largest absolute Gasteiger partial charge is 0.317 e. The molecule has 0 spiro atoms. The molecular formula is C21H17F3N4O2S. The molecule has 2 N–H and O–H groups in total. The number of carbonyl (C=O) groups excluding carboxylic acids is 2. The molecule has 2 aromatic carbocycles. The van der Waals surface area contributed by atoms with E-state index in [9.17, 15) is 22.8 Å². The van der Waals surface area contributed by atoms with Crippen LogP contribution in [0.5, 0.6) is 0 Å². The second kappa shape index (κ2) is 10.5. The number of nitrogens with zero attached hydrogens (tertiary/aromatic N) is 2. The van der Waals surface area contributed by atoms with E-state index in [1.807, 2.05) is 15.8 Å². The Bertz CT molecular complexity index is 1040. The summed E-state index contributed by atoms with van der Waals surface area (Å²) in [6.45, 7) is 0.382. The molecule has 0 radical (unpaired) electrons. The molecule has 1 aromatic heterocycles. The highest BCUT2D eigenvalue weighted by molar-refractivity contribution is 8.00. The molecule has 0 bridgehead atoms. The predicted molar refractivity (Wildman–Crippen MR) is 111 cm³/mol. The van der Waals surface area contributed by atoms with E-state index < -0.39 is 18.2 Å². The number of alkyl halides is 2. The molecule has 1 heterocycles. The van der Waals surface area contributed by atoms with Gasteiger partial charge in [-0.05, 0) is 60.0 Å². The standard InChI is InChI=1S/C21H17F3N4O2S/c22-16-3-1-4-17(11-16)28(31-18-5-2-10-25-12-18)13-14-6-8-15(9-7-14)20(29)26-27-21(30)19(23)24/h1-12,19H,13H2,(H,26,29)(H,27,30). The number of anilines is 1. The Labute approximate surface area is 180 Å². The third kappa shape index (κ3) is 6.48. The second-order valence-corrected chi connectivity index (χ2v) is 7.33. The summed E-state index contributed by atoms with van der Waals surface area (Å²) in [5.74, 6) is -2.69. The van der Waals surface area contributed by atoms with Gasteiger partial charge in [-0.15, -0.1) is 0 Å². The Morgan fingerprint density at radius 3 is 2.45 bits per heavy atom. The highest BCUT2D eigenvalue weighted by atomic mass is 32.2. The van der Waals surface area contributed by atoms with Gasteiger partial charge >= 0.3 is 12.3 Å². The van der Waals surface area contributed by atoms with Crippen molar-refractivity contribution in [1.82, 2.24) is 15.8 Å². The summed E-state index contributed by atoms with van der Waals surface area (Å²) < 4.78 is 40.0. The molecule has 3 aromatic rings. The third-order valence-electron chi connectivity index (χ3n) is 3.99. The number of halogens is 3. The van der Waals surface area contributed by atoms with E-state index in [2.05, 4.69) is 4.98 Å². The van der Waals surface area contributed by atoms with Gasteiger partial charge in [0.2, 0.25) is 0 Å². The first kappa shape index (κ1) is 22.2. The van der Waals surface area contributed by atoms with Gasteiger partial charge in [-0.2, -0.15) is 8.78 Å². The molecule has 0 atom stereocenters. The number of nitrogens with one attached hydrogen (secondary N) is 2. The Balaban J connectivity index is 1.72. The van der Waals surface area contributed by atoms with Crippen molar-refractivity contribution in [1.29, 1.82) is 0 Å². The summed E-state index contributed by atoms with van der Waals surface area (Å²) in [7, 11) is 0. The molecule has 0 saturated heterocycles. The first-order chi connectivity index (χ1) is 14.9. The van der Waals surface area contributed by atoms with Crippen molar-refractivity contribution in [2.24, 2.45) is 0 Å². The number of hydrogen-bond donors (Lipinski definition) is 2. The molecule has 2 amide bonds. The number of aromatic nitrogens is 1. The van der Waals surface area contributed by atoms with E-state index in [0.717, 1.165) is 10.5 Å². The fourth-order valence-electron chi connectivity index (χ4n) is 2.51. The highest BCUT2D eigenvalue weighted by Gasteiger charge is 2.16. The first-order valence-electron chi connectivity index (χ1n) is 9.01. The van der Waals surface area contributed by atoms with Gasteiger partial charge in [-0.3, -0.25) is 25.4 Å². The van der Waals surface area contributed by atoms with Crippen molar-refractivity contribution in [3.05, 3.63) is 90.0 Å². The van der Waals surface area contributed by atoms with Crippen molar-refractivity contribution in [3.8, 4) is 0 Å². The second-order valence-electron chi connectivity index (χ2n) is 6.24. The van der Waals surface area contributed by atoms with Crippen LogP contribution >= 0.6 is 11.9 Å². The number of pyridine rings is 1. The van der Waals surface area contributed by atoms with Crippen LogP contribution in [0.1, 0.15) is 15.9 Å². The minimum absolute atomic E-state index is 0.176. The quantitative estimate of drug-likeness (QED) is 0.425.